The highest BCUT2D eigenvalue weighted by atomic mass is 32.2. The molecule has 4 nitrogen and oxygen atoms in total. The van der Waals surface area contributed by atoms with Crippen LogP contribution < -0.4 is 5.73 Å². The van der Waals surface area contributed by atoms with Crippen LogP contribution in [0.1, 0.15) is 27.2 Å². The number of likely N-dealkylation sites (N-methyl/N-ethyl adjacent to an activating group) is 1. The fraction of sp³-hybridized carbons (Fsp3) is 1.00. The predicted molar refractivity (Wildman–Crippen MR) is 69.3 cm³/mol. The van der Waals surface area contributed by atoms with E-state index in [-0.39, 0.29) is 11.3 Å². The van der Waals surface area contributed by atoms with E-state index in [1.807, 2.05) is 7.05 Å². The zero-order chi connectivity index (χ0) is 13.0. The molecule has 98 valence electrons. The molecule has 0 heterocycles. The number of hydrogen-bond acceptors (Lipinski definition) is 4. The summed E-state index contributed by atoms with van der Waals surface area (Å²) in [6, 6.07) is 0. The molecule has 0 saturated heterocycles. The molecule has 0 aliphatic heterocycles. The molecule has 0 aliphatic rings. The van der Waals surface area contributed by atoms with Gasteiger partial charge in [0.25, 0.3) is 0 Å². The van der Waals surface area contributed by atoms with Crippen molar-refractivity contribution in [3.63, 3.8) is 0 Å². The van der Waals surface area contributed by atoms with Crippen LogP contribution in [0.25, 0.3) is 0 Å². The average Bonchev–Trinajstić information content (AvgIpc) is 2.11. The predicted octanol–water partition coefficient (Wildman–Crippen LogP) is 0.726. The molecule has 0 amide bonds. The number of sulfone groups is 1. The summed E-state index contributed by atoms with van der Waals surface area (Å²) in [7, 11) is -0.954. The van der Waals surface area contributed by atoms with Gasteiger partial charge in [-0.1, -0.05) is 13.8 Å². The standard InChI is InChI=1S/C11H26N2O2S/c1-10(2)8-11(3,9-12)13(4)6-7-16(5,14)15/h10H,6-9,12H2,1-5H3. The van der Waals surface area contributed by atoms with Crippen molar-refractivity contribution >= 4 is 9.84 Å². The van der Waals surface area contributed by atoms with Crippen molar-refractivity contribution in [1.82, 2.24) is 4.90 Å². The molecule has 16 heavy (non-hydrogen) atoms. The van der Waals surface area contributed by atoms with E-state index in [1.165, 1.54) is 6.26 Å². The lowest BCUT2D eigenvalue weighted by molar-refractivity contribution is 0.126. The lowest BCUT2D eigenvalue weighted by Gasteiger charge is -2.39. The average molecular weight is 250 g/mol. The fourth-order valence-electron chi connectivity index (χ4n) is 1.85. The van der Waals surface area contributed by atoms with Gasteiger partial charge in [-0.15, -0.1) is 0 Å². The molecular formula is C11H26N2O2S. The second-order valence-electron chi connectivity index (χ2n) is 5.35. The van der Waals surface area contributed by atoms with Gasteiger partial charge < -0.3 is 5.73 Å². The molecule has 0 radical (unpaired) electrons. The number of rotatable bonds is 7. The lowest BCUT2D eigenvalue weighted by Crippen LogP contribution is -2.51. The Morgan fingerprint density at radius 2 is 1.88 bits per heavy atom. The van der Waals surface area contributed by atoms with Crippen molar-refractivity contribution < 1.29 is 8.42 Å². The van der Waals surface area contributed by atoms with Crippen LogP contribution in [0, 0.1) is 5.92 Å². The molecule has 0 rings (SSSR count). The minimum atomic E-state index is -2.90. The van der Waals surface area contributed by atoms with Gasteiger partial charge in [0.1, 0.15) is 9.84 Å². The first-order valence-corrected chi connectivity index (χ1v) is 7.76. The van der Waals surface area contributed by atoms with E-state index in [2.05, 4.69) is 25.7 Å². The molecule has 5 heteroatoms. The van der Waals surface area contributed by atoms with Crippen LogP contribution >= 0.6 is 0 Å². The summed E-state index contributed by atoms with van der Waals surface area (Å²) in [5, 5.41) is 0. The van der Waals surface area contributed by atoms with Crippen LogP contribution in [0.2, 0.25) is 0 Å². The van der Waals surface area contributed by atoms with Crippen LogP contribution in [0.15, 0.2) is 0 Å². The van der Waals surface area contributed by atoms with Crippen molar-refractivity contribution in [2.75, 3.05) is 32.1 Å². The summed E-state index contributed by atoms with van der Waals surface area (Å²) in [5.41, 5.74) is 5.69. The van der Waals surface area contributed by atoms with Gasteiger partial charge in [-0.05, 0) is 26.3 Å². The largest absolute Gasteiger partial charge is 0.329 e. The van der Waals surface area contributed by atoms with E-state index in [9.17, 15) is 8.42 Å². The maximum absolute atomic E-state index is 11.1. The smallest absolute Gasteiger partial charge is 0.148 e. The van der Waals surface area contributed by atoms with Gasteiger partial charge >= 0.3 is 0 Å². The Kier molecular flexibility index (Phi) is 5.93. The normalized spacial score (nSPS) is 16.8. The number of hydrogen-bond donors (Lipinski definition) is 1. The van der Waals surface area contributed by atoms with E-state index in [0.29, 0.717) is 19.0 Å². The van der Waals surface area contributed by atoms with Crippen molar-refractivity contribution in [3.05, 3.63) is 0 Å². The van der Waals surface area contributed by atoms with Gasteiger partial charge in [0.15, 0.2) is 0 Å². The first-order valence-electron chi connectivity index (χ1n) is 5.70. The van der Waals surface area contributed by atoms with Crippen molar-refractivity contribution in [1.29, 1.82) is 0 Å². The highest BCUT2D eigenvalue weighted by Gasteiger charge is 2.28. The summed E-state index contributed by atoms with van der Waals surface area (Å²) < 4.78 is 22.2. The van der Waals surface area contributed by atoms with Crippen LogP contribution in [-0.4, -0.2) is 51.0 Å². The van der Waals surface area contributed by atoms with E-state index in [1.54, 1.807) is 0 Å². The van der Waals surface area contributed by atoms with Crippen LogP contribution in [0.3, 0.4) is 0 Å². The topological polar surface area (TPSA) is 63.4 Å². The molecule has 0 spiro atoms. The molecule has 0 aromatic heterocycles. The van der Waals surface area contributed by atoms with Crippen molar-refractivity contribution in [3.8, 4) is 0 Å². The molecule has 1 unspecified atom stereocenters. The second-order valence-corrected chi connectivity index (χ2v) is 7.61. The Balaban J connectivity index is 4.46. The Morgan fingerprint density at radius 3 is 2.19 bits per heavy atom. The maximum atomic E-state index is 11.1. The van der Waals surface area contributed by atoms with E-state index >= 15 is 0 Å². The summed E-state index contributed by atoms with van der Waals surface area (Å²) in [5.74, 6) is 0.742. The zero-order valence-electron chi connectivity index (χ0n) is 11.2. The second kappa shape index (κ2) is 5.98. The summed E-state index contributed by atoms with van der Waals surface area (Å²) in [4.78, 5) is 2.06. The molecule has 0 saturated carbocycles. The third kappa shape index (κ3) is 5.82. The highest BCUT2D eigenvalue weighted by molar-refractivity contribution is 7.90. The van der Waals surface area contributed by atoms with Gasteiger partial charge in [-0.2, -0.15) is 0 Å². The molecule has 2 N–H and O–H groups in total. The summed E-state index contributed by atoms with van der Waals surface area (Å²) >= 11 is 0. The molecule has 1 atom stereocenters. The fourth-order valence-corrected chi connectivity index (χ4v) is 2.45. The highest BCUT2D eigenvalue weighted by Crippen LogP contribution is 2.21. The Bertz CT molecular complexity index is 301. The van der Waals surface area contributed by atoms with Gasteiger partial charge in [-0.25, -0.2) is 8.42 Å². The van der Waals surface area contributed by atoms with E-state index < -0.39 is 9.84 Å². The Labute approximate surface area is 100 Å². The summed E-state index contributed by atoms with van der Waals surface area (Å²) in [6.45, 7) is 7.48. The van der Waals surface area contributed by atoms with E-state index in [4.69, 9.17) is 5.73 Å². The monoisotopic (exact) mass is 250 g/mol. The lowest BCUT2D eigenvalue weighted by atomic mass is 9.89. The van der Waals surface area contributed by atoms with Gasteiger partial charge in [0.05, 0.1) is 5.75 Å². The quantitative estimate of drug-likeness (QED) is 0.723. The summed E-state index contributed by atoms with van der Waals surface area (Å²) in [6.07, 6.45) is 2.24. The van der Waals surface area contributed by atoms with Crippen LogP contribution in [0.4, 0.5) is 0 Å². The van der Waals surface area contributed by atoms with Crippen LogP contribution in [-0.2, 0) is 9.84 Å². The minimum absolute atomic E-state index is 0.112. The minimum Gasteiger partial charge on any atom is -0.329 e. The first kappa shape index (κ1) is 15.9. The van der Waals surface area contributed by atoms with Crippen molar-refractivity contribution in [2.45, 2.75) is 32.7 Å². The molecule has 0 aliphatic carbocycles. The number of nitrogens with zero attached hydrogens (tertiary/aromatic N) is 1. The SMILES string of the molecule is CC(C)CC(C)(CN)N(C)CCS(C)(=O)=O. The van der Waals surface area contributed by atoms with Crippen molar-refractivity contribution in [2.24, 2.45) is 11.7 Å². The van der Waals surface area contributed by atoms with Crippen LogP contribution in [0.5, 0.6) is 0 Å². The maximum Gasteiger partial charge on any atom is 0.148 e. The van der Waals surface area contributed by atoms with Gasteiger partial charge in [-0.3, -0.25) is 4.90 Å². The third-order valence-electron chi connectivity index (χ3n) is 3.01. The first-order chi connectivity index (χ1) is 7.10. The molecular weight excluding hydrogens is 224 g/mol. The molecule has 0 aromatic rings. The Hall–Kier alpha value is -0.130. The Morgan fingerprint density at radius 1 is 1.38 bits per heavy atom. The van der Waals surface area contributed by atoms with Gasteiger partial charge in [0, 0.05) is 24.9 Å². The van der Waals surface area contributed by atoms with E-state index in [0.717, 1.165) is 6.42 Å². The molecule has 0 bridgehead atoms. The third-order valence-corrected chi connectivity index (χ3v) is 3.93. The molecule has 0 fully saturated rings. The van der Waals surface area contributed by atoms with Gasteiger partial charge in [0.2, 0.25) is 0 Å². The molecule has 0 aromatic carbocycles. The number of nitrogens with two attached hydrogens (primary N) is 1. The zero-order valence-corrected chi connectivity index (χ0v) is 12.0.